The maximum Gasteiger partial charge on any atom is 0.255 e. The predicted octanol–water partition coefficient (Wildman–Crippen LogP) is 4.47. The van der Waals surface area contributed by atoms with E-state index in [9.17, 15) is 9.59 Å². The minimum atomic E-state index is -0.560. The highest BCUT2D eigenvalue weighted by Crippen LogP contribution is 2.45. The van der Waals surface area contributed by atoms with Crippen molar-refractivity contribution in [2.75, 3.05) is 19.5 Å². The molecule has 1 aromatic carbocycles. The molecule has 8 heteroatoms. The molecule has 1 amide bonds. The van der Waals surface area contributed by atoms with Gasteiger partial charge >= 0.3 is 0 Å². The molecule has 0 bridgehead atoms. The predicted molar refractivity (Wildman–Crippen MR) is 125 cm³/mol. The van der Waals surface area contributed by atoms with E-state index in [-0.39, 0.29) is 11.7 Å². The third kappa shape index (κ3) is 4.14. The molecule has 2 aromatic rings. The van der Waals surface area contributed by atoms with E-state index < -0.39 is 5.92 Å². The quantitative estimate of drug-likeness (QED) is 0.633. The molecule has 1 unspecified atom stereocenters. The zero-order valence-electron chi connectivity index (χ0n) is 18.1. The number of anilines is 1. The first-order valence-corrected chi connectivity index (χ1v) is 11.1. The summed E-state index contributed by atoms with van der Waals surface area (Å²) in [5.74, 6) is 0.777. The van der Waals surface area contributed by atoms with Crippen LogP contribution in [0.2, 0.25) is 0 Å². The van der Waals surface area contributed by atoms with Crippen LogP contribution >= 0.6 is 15.9 Å². The Morgan fingerprint density at radius 2 is 2.00 bits per heavy atom. The van der Waals surface area contributed by atoms with E-state index in [1.807, 2.05) is 19.1 Å². The van der Waals surface area contributed by atoms with Gasteiger partial charge in [0.2, 0.25) is 0 Å². The van der Waals surface area contributed by atoms with Crippen molar-refractivity contribution in [1.82, 2.24) is 10.3 Å². The Hall–Kier alpha value is -3.13. The average Bonchev–Trinajstić information content (AvgIpc) is 2.79. The van der Waals surface area contributed by atoms with E-state index in [1.54, 1.807) is 38.6 Å². The molecule has 166 valence electrons. The molecule has 32 heavy (non-hydrogen) atoms. The van der Waals surface area contributed by atoms with Gasteiger partial charge in [0.05, 0.1) is 20.1 Å². The zero-order valence-corrected chi connectivity index (χ0v) is 19.7. The number of methoxy groups -OCH3 is 2. The first kappa shape index (κ1) is 22.1. The molecular formula is C24H24BrN3O4. The van der Waals surface area contributed by atoms with Crippen molar-refractivity contribution in [3.8, 4) is 11.5 Å². The topological polar surface area (TPSA) is 89.5 Å². The lowest BCUT2D eigenvalue weighted by molar-refractivity contribution is -0.116. The summed E-state index contributed by atoms with van der Waals surface area (Å²) in [6.07, 6.45) is 3.62. The molecule has 1 aliphatic heterocycles. The maximum absolute atomic E-state index is 13.5. The number of nitrogens with zero attached hydrogens (tertiary/aromatic N) is 1. The summed E-state index contributed by atoms with van der Waals surface area (Å²) >= 11 is 3.35. The Labute approximate surface area is 195 Å². The third-order valence-electron chi connectivity index (χ3n) is 5.74. The summed E-state index contributed by atoms with van der Waals surface area (Å²) in [4.78, 5) is 30.8. The van der Waals surface area contributed by atoms with Crippen LogP contribution in [0.25, 0.3) is 0 Å². The summed E-state index contributed by atoms with van der Waals surface area (Å²) in [6, 6.07) is 8.96. The van der Waals surface area contributed by atoms with Crippen LogP contribution in [0.4, 0.5) is 5.82 Å². The van der Waals surface area contributed by atoms with Gasteiger partial charge in [-0.15, -0.1) is 0 Å². The molecule has 0 saturated carbocycles. The number of aromatic nitrogens is 1. The van der Waals surface area contributed by atoms with E-state index in [1.165, 1.54) is 0 Å². The number of allylic oxidation sites excluding steroid dienone is 3. The minimum absolute atomic E-state index is 0.0428. The van der Waals surface area contributed by atoms with Crippen LogP contribution in [0.15, 0.2) is 63.5 Å². The number of ketones is 1. The van der Waals surface area contributed by atoms with Crippen LogP contribution in [-0.2, 0) is 9.59 Å². The zero-order chi connectivity index (χ0) is 22.8. The lowest BCUT2D eigenvalue weighted by Gasteiger charge is -2.35. The molecule has 1 aliphatic carbocycles. The minimum Gasteiger partial charge on any atom is -0.497 e. The van der Waals surface area contributed by atoms with Crippen molar-refractivity contribution >= 4 is 33.4 Å². The maximum atomic E-state index is 13.5. The highest BCUT2D eigenvalue weighted by atomic mass is 79.9. The molecule has 0 spiro atoms. The highest BCUT2D eigenvalue weighted by molar-refractivity contribution is 9.10. The highest BCUT2D eigenvalue weighted by Gasteiger charge is 2.39. The number of benzene rings is 1. The van der Waals surface area contributed by atoms with Crippen LogP contribution in [0.1, 0.15) is 37.7 Å². The molecule has 0 saturated heterocycles. The normalized spacial score (nSPS) is 18.1. The standard InChI is InChI=1S/C24H24BrN3O4/c1-13-21(24(30)28-20-10-7-14(25)12-26-20)22(23-17(27-13)5-4-6-18(23)29)16-9-8-15(31-2)11-19(16)32-3/h7-12,22,27H,4-6H2,1-3H3,(H,26,28,30). The second kappa shape index (κ2) is 9.16. The van der Waals surface area contributed by atoms with Crippen molar-refractivity contribution < 1.29 is 19.1 Å². The first-order chi connectivity index (χ1) is 15.4. The summed E-state index contributed by atoms with van der Waals surface area (Å²) in [5.41, 5.74) is 3.41. The van der Waals surface area contributed by atoms with Crippen LogP contribution in [0.5, 0.6) is 11.5 Å². The number of amides is 1. The fourth-order valence-electron chi connectivity index (χ4n) is 4.29. The third-order valence-corrected chi connectivity index (χ3v) is 6.21. The molecule has 1 atom stereocenters. The van der Waals surface area contributed by atoms with E-state index in [4.69, 9.17) is 9.47 Å². The Morgan fingerprint density at radius 1 is 1.19 bits per heavy atom. The summed E-state index contributed by atoms with van der Waals surface area (Å²) in [6.45, 7) is 1.86. The van der Waals surface area contributed by atoms with Crippen molar-refractivity contribution in [3.05, 3.63) is 69.1 Å². The molecule has 7 nitrogen and oxygen atoms in total. The average molecular weight is 498 g/mol. The fourth-order valence-corrected chi connectivity index (χ4v) is 4.52. The molecule has 0 fully saturated rings. The number of rotatable bonds is 5. The Balaban J connectivity index is 1.83. The fraction of sp³-hybridized carbons (Fsp3) is 0.292. The first-order valence-electron chi connectivity index (χ1n) is 10.3. The Morgan fingerprint density at radius 3 is 2.69 bits per heavy atom. The van der Waals surface area contributed by atoms with Crippen molar-refractivity contribution in [3.63, 3.8) is 0 Å². The lowest BCUT2D eigenvalue weighted by Crippen LogP contribution is -2.35. The monoisotopic (exact) mass is 497 g/mol. The van der Waals surface area contributed by atoms with Gasteiger partial charge in [0.1, 0.15) is 17.3 Å². The second-order valence-electron chi connectivity index (χ2n) is 7.69. The second-order valence-corrected chi connectivity index (χ2v) is 8.60. The molecular weight excluding hydrogens is 474 g/mol. The smallest absolute Gasteiger partial charge is 0.255 e. The van der Waals surface area contributed by atoms with E-state index >= 15 is 0 Å². The van der Waals surface area contributed by atoms with Crippen molar-refractivity contribution in [1.29, 1.82) is 0 Å². The van der Waals surface area contributed by atoms with Gasteiger partial charge in [0.25, 0.3) is 5.91 Å². The van der Waals surface area contributed by atoms with E-state index in [0.29, 0.717) is 40.6 Å². The molecule has 4 rings (SSSR count). The summed E-state index contributed by atoms with van der Waals surface area (Å²) in [5, 5.41) is 6.19. The largest absolute Gasteiger partial charge is 0.497 e. The molecule has 2 N–H and O–H groups in total. The number of nitrogens with one attached hydrogen (secondary N) is 2. The number of hydrogen-bond donors (Lipinski definition) is 2. The van der Waals surface area contributed by atoms with Gasteiger partial charge < -0.3 is 20.1 Å². The van der Waals surface area contributed by atoms with Crippen LogP contribution in [0.3, 0.4) is 0 Å². The number of pyridine rings is 1. The van der Waals surface area contributed by atoms with Gasteiger partial charge in [-0.05, 0) is 53.9 Å². The number of dihydropyridines is 1. The summed E-state index contributed by atoms with van der Waals surface area (Å²) < 4.78 is 11.8. The van der Waals surface area contributed by atoms with Crippen LogP contribution in [-0.4, -0.2) is 30.9 Å². The summed E-state index contributed by atoms with van der Waals surface area (Å²) in [7, 11) is 3.15. The Kier molecular flexibility index (Phi) is 6.32. The van der Waals surface area contributed by atoms with Crippen molar-refractivity contribution in [2.24, 2.45) is 0 Å². The molecule has 2 aliphatic rings. The number of ether oxygens (including phenoxy) is 2. The number of carbonyl (C=O) groups is 2. The number of carbonyl (C=O) groups excluding carboxylic acids is 2. The van der Waals surface area contributed by atoms with Gasteiger partial charge in [0, 0.05) is 51.3 Å². The van der Waals surface area contributed by atoms with Gasteiger partial charge in [0.15, 0.2) is 5.78 Å². The number of hydrogen-bond acceptors (Lipinski definition) is 6. The van der Waals surface area contributed by atoms with Gasteiger partial charge in [-0.25, -0.2) is 4.98 Å². The molecule has 2 heterocycles. The van der Waals surface area contributed by atoms with Crippen LogP contribution < -0.4 is 20.1 Å². The lowest BCUT2D eigenvalue weighted by atomic mass is 9.74. The van der Waals surface area contributed by atoms with Crippen molar-refractivity contribution in [2.45, 2.75) is 32.1 Å². The molecule has 0 radical (unpaired) electrons. The van der Waals surface area contributed by atoms with Crippen LogP contribution in [0, 0.1) is 0 Å². The Bertz CT molecular complexity index is 1140. The number of Topliss-reactive ketones (excluding diaryl/α,β-unsaturated/α-hetero) is 1. The SMILES string of the molecule is COc1ccc(C2C(C(=O)Nc3ccc(Br)cn3)=C(C)NC3=C2C(=O)CCC3)c(OC)c1. The number of halogens is 1. The molecule has 1 aromatic heterocycles. The van der Waals surface area contributed by atoms with Gasteiger partial charge in [-0.1, -0.05) is 6.07 Å². The van der Waals surface area contributed by atoms with Gasteiger partial charge in [-0.2, -0.15) is 0 Å². The van der Waals surface area contributed by atoms with E-state index in [2.05, 4.69) is 31.5 Å². The van der Waals surface area contributed by atoms with E-state index in [0.717, 1.165) is 28.6 Å². The van der Waals surface area contributed by atoms with Gasteiger partial charge in [-0.3, -0.25) is 9.59 Å².